The van der Waals surface area contributed by atoms with Gasteiger partial charge in [-0.25, -0.2) is 0 Å². The molecule has 9 aromatic rings. The summed E-state index contributed by atoms with van der Waals surface area (Å²) in [5, 5.41) is 2.35. The minimum atomic E-state index is -0.448. The summed E-state index contributed by atoms with van der Waals surface area (Å²) in [7, 11) is 6.95. The molecule has 0 atom stereocenters. The van der Waals surface area contributed by atoms with Crippen molar-refractivity contribution < 1.29 is 0 Å². The van der Waals surface area contributed by atoms with Crippen LogP contribution in [-0.2, 0) is 5.41 Å². The highest BCUT2D eigenvalue weighted by Gasteiger charge is 2.51. The summed E-state index contributed by atoms with van der Waals surface area (Å²) in [4.78, 5) is 4.68. The van der Waals surface area contributed by atoms with Gasteiger partial charge in [-0.3, -0.25) is 0 Å². The van der Waals surface area contributed by atoms with Gasteiger partial charge in [0.25, 0.3) is 0 Å². The zero-order valence-corrected chi connectivity index (χ0v) is 30.7. The Morgan fingerprint density at radius 1 is 0.321 bits per heavy atom. The Kier molecular flexibility index (Phi) is 7.37. The third-order valence-electron chi connectivity index (χ3n) is 11.7. The van der Waals surface area contributed by atoms with Crippen molar-refractivity contribution in [1.82, 2.24) is 0 Å². The summed E-state index contributed by atoms with van der Waals surface area (Å²) in [5.74, 6) is 0. The molecular formula is C53H35BN2. The molecule has 2 aliphatic carbocycles. The van der Waals surface area contributed by atoms with E-state index in [1.165, 1.54) is 55.3 Å². The first-order valence-electron chi connectivity index (χ1n) is 19.2. The van der Waals surface area contributed by atoms with E-state index in [4.69, 9.17) is 7.85 Å². The average molecular weight is 711 g/mol. The van der Waals surface area contributed by atoms with E-state index >= 15 is 0 Å². The lowest BCUT2D eigenvalue weighted by Crippen LogP contribution is -2.26. The second-order valence-electron chi connectivity index (χ2n) is 14.7. The van der Waals surface area contributed by atoms with Crippen LogP contribution in [0.4, 0.5) is 34.1 Å². The van der Waals surface area contributed by atoms with E-state index in [0.29, 0.717) is 5.46 Å². The molecule has 0 aliphatic heterocycles. The van der Waals surface area contributed by atoms with Gasteiger partial charge in [-0.2, -0.15) is 0 Å². The SMILES string of the molecule is [B]c1cc(N(c2ccccc2)c2ccc3c(c2)C2(c4ccccc4-c4ccccc42)c2ccccc2-3)cc(N(c2ccccc2)c2cccc3ccccc23)c1. The van der Waals surface area contributed by atoms with Crippen LogP contribution in [-0.4, -0.2) is 7.85 Å². The molecule has 0 amide bonds. The number of rotatable bonds is 6. The topological polar surface area (TPSA) is 6.48 Å². The molecule has 2 radical (unpaired) electrons. The maximum Gasteiger partial charge on any atom is 0.114 e. The van der Waals surface area contributed by atoms with E-state index in [-0.39, 0.29) is 0 Å². The van der Waals surface area contributed by atoms with E-state index in [9.17, 15) is 0 Å². The smallest absolute Gasteiger partial charge is 0.114 e. The number of para-hydroxylation sites is 2. The minimum Gasteiger partial charge on any atom is -0.310 e. The van der Waals surface area contributed by atoms with Crippen molar-refractivity contribution in [2.45, 2.75) is 5.41 Å². The Labute approximate surface area is 329 Å². The van der Waals surface area contributed by atoms with Crippen LogP contribution >= 0.6 is 0 Å². The molecular weight excluding hydrogens is 675 g/mol. The predicted octanol–water partition coefficient (Wildman–Crippen LogP) is 12.9. The molecule has 0 unspecified atom stereocenters. The van der Waals surface area contributed by atoms with E-state index in [1.54, 1.807) is 0 Å². The van der Waals surface area contributed by atoms with Crippen molar-refractivity contribution in [1.29, 1.82) is 0 Å². The zero-order valence-electron chi connectivity index (χ0n) is 30.7. The molecule has 11 rings (SSSR count). The molecule has 2 aliphatic rings. The molecule has 1 spiro atoms. The largest absolute Gasteiger partial charge is 0.310 e. The Hall–Kier alpha value is -7.10. The highest BCUT2D eigenvalue weighted by molar-refractivity contribution is 6.33. The van der Waals surface area contributed by atoms with Gasteiger partial charge in [0.2, 0.25) is 0 Å². The Bertz CT molecular complexity index is 2880. The zero-order chi connectivity index (χ0) is 37.2. The van der Waals surface area contributed by atoms with E-state index in [2.05, 4.69) is 222 Å². The number of nitrogens with zero attached hydrogens (tertiary/aromatic N) is 2. The van der Waals surface area contributed by atoms with Crippen LogP contribution in [0.1, 0.15) is 22.3 Å². The molecule has 0 saturated carbocycles. The van der Waals surface area contributed by atoms with Crippen LogP contribution < -0.4 is 15.3 Å². The van der Waals surface area contributed by atoms with Gasteiger partial charge in [0.05, 0.1) is 11.1 Å². The lowest BCUT2D eigenvalue weighted by atomic mass is 9.70. The fourth-order valence-electron chi connectivity index (χ4n) is 9.53. The number of hydrogen-bond acceptors (Lipinski definition) is 2. The summed E-state index contributed by atoms with van der Waals surface area (Å²) in [6, 6.07) is 76.7. The highest BCUT2D eigenvalue weighted by Crippen LogP contribution is 2.63. The summed E-state index contributed by atoms with van der Waals surface area (Å²) in [6.45, 7) is 0. The van der Waals surface area contributed by atoms with Gasteiger partial charge < -0.3 is 9.80 Å². The van der Waals surface area contributed by atoms with Crippen LogP contribution in [0.15, 0.2) is 212 Å². The molecule has 9 aromatic carbocycles. The molecule has 260 valence electrons. The maximum absolute atomic E-state index is 6.95. The lowest BCUT2D eigenvalue weighted by molar-refractivity contribution is 0.793. The van der Waals surface area contributed by atoms with Crippen LogP contribution in [0.2, 0.25) is 0 Å². The number of anilines is 6. The second-order valence-corrected chi connectivity index (χ2v) is 14.7. The monoisotopic (exact) mass is 710 g/mol. The van der Waals surface area contributed by atoms with Gasteiger partial charge in [-0.1, -0.05) is 157 Å². The first kappa shape index (κ1) is 32.3. The molecule has 0 bridgehead atoms. The Morgan fingerprint density at radius 3 is 1.43 bits per heavy atom. The van der Waals surface area contributed by atoms with E-state index < -0.39 is 5.41 Å². The number of benzene rings is 9. The van der Waals surface area contributed by atoms with Gasteiger partial charge in [0.1, 0.15) is 7.85 Å². The van der Waals surface area contributed by atoms with Crippen molar-refractivity contribution in [2.75, 3.05) is 9.80 Å². The number of hydrogen-bond donors (Lipinski definition) is 0. The Balaban J connectivity index is 1.15. The molecule has 3 heteroatoms. The molecule has 0 fully saturated rings. The first-order valence-corrected chi connectivity index (χ1v) is 19.2. The second kappa shape index (κ2) is 12.8. The Morgan fingerprint density at radius 2 is 0.804 bits per heavy atom. The fourth-order valence-corrected chi connectivity index (χ4v) is 9.53. The number of fused-ring (bicyclic) bond motifs is 11. The summed E-state index contributed by atoms with van der Waals surface area (Å²) in [6.07, 6.45) is 0. The fraction of sp³-hybridized carbons (Fsp3) is 0.0189. The van der Waals surface area contributed by atoms with Gasteiger partial charge in [-0.05, 0) is 111 Å². The van der Waals surface area contributed by atoms with Gasteiger partial charge >= 0.3 is 0 Å². The van der Waals surface area contributed by atoms with Gasteiger partial charge in [0.15, 0.2) is 0 Å². The van der Waals surface area contributed by atoms with Crippen molar-refractivity contribution >= 4 is 58.2 Å². The summed E-state index contributed by atoms with van der Waals surface area (Å²) in [5.41, 5.74) is 16.9. The van der Waals surface area contributed by atoms with Crippen LogP contribution in [0, 0.1) is 0 Å². The van der Waals surface area contributed by atoms with Crippen molar-refractivity contribution in [3.8, 4) is 22.3 Å². The normalized spacial score (nSPS) is 12.9. The summed E-state index contributed by atoms with van der Waals surface area (Å²) < 4.78 is 0. The molecule has 0 aromatic heterocycles. The van der Waals surface area contributed by atoms with Crippen molar-refractivity contribution in [3.05, 3.63) is 235 Å². The van der Waals surface area contributed by atoms with Crippen LogP contribution in [0.3, 0.4) is 0 Å². The predicted molar refractivity (Wildman–Crippen MR) is 235 cm³/mol. The van der Waals surface area contributed by atoms with E-state index in [0.717, 1.165) is 34.1 Å². The lowest BCUT2D eigenvalue weighted by Gasteiger charge is -2.33. The third-order valence-corrected chi connectivity index (χ3v) is 11.7. The maximum atomic E-state index is 6.95. The molecule has 2 nitrogen and oxygen atoms in total. The third kappa shape index (κ3) is 4.77. The van der Waals surface area contributed by atoms with Gasteiger partial charge in [-0.15, -0.1) is 0 Å². The van der Waals surface area contributed by atoms with Gasteiger partial charge in [0, 0.05) is 33.8 Å². The molecule has 0 saturated heterocycles. The minimum absolute atomic E-state index is 0.448. The van der Waals surface area contributed by atoms with Crippen molar-refractivity contribution in [3.63, 3.8) is 0 Å². The van der Waals surface area contributed by atoms with Crippen LogP contribution in [0.25, 0.3) is 33.0 Å². The van der Waals surface area contributed by atoms with Crippen LogP contribution in [0.5, 0.6) is 0 Å². The average Bonchev–Trinajstić information content (AvgIpc) is 3.72. The molecule has 0 heterocycles. The quantitative estimate of drug-likeness (QED) is 0.159. The highest BCUT2D eigenvalue weighted by atomic mass is 15.2. The standard InChI is InChI=1S/C53H35BN2/c54-37-32-41(34-42(33-37)56(39-20-5-2-6-21-39)52-29-15-17-36-16-7-8-22-43(36)52)55(38-18-3-1-4-19-38)40-30-31-47-46-25-11-14-28-50(46)53(51(47)35-40)48-26-12-9-23-44(48)45-24-10-13-27-49(45)53/h1-35H. The molecule has 56 heavy (non-hydrogen) atoms. The van der Waals surface area contributed by atoms with Crippen molar-refractivity contribution in [2.24, 2.45) is 0 Å². The van der Waals surface area contributed by atoms with E-state index in [1.807, 2.05) is 0 Å². The first-order chi connectivity index (χ1) is 27.7. The summed E-state index contributed by atoms with van der Waals surface area (Å²) >= 11 is 0. The molecule has 0 N–H and O–H groups in total.